The Hall–Kier alpha value is -2.59. The van der Waals surface area contributed by atoms with Gasteiger partial charge < -0.3 is 10.0 Å². The lowest BCUT2D eigenvalue weighted by Crippen LogP contribution is -2.25. The number of amidine groups is 1. The average Bonchev–Trinajstić information content (AvgIpc) is 2.90. The summed E-state index contributed by atoms with van der Waals surface area (Å²) >= 11 is 3.61. The summed E-state index contributed by atoms with van der Waals surface area (Å²) in [6.07, 6.45) is 0.823. The van der Waals surface area contributed by atoms with E-state index in [1.54, 1.807) is 0 Å². The molecule has 0 bridgehead atoms. The number of nitrogens with zero attached hydrogens (tertiary/aromatic N) is 1. The van der Waals surface area contributed by atoms with Crippen LogP contribution in [0.5, 0.6) is 0 Å². The quantitative estimate of drug-likeness (QED) is 0.537. The molecule has 2 N–H and O–H groups in total. The number of hydrogen-bond donors (Lipinski definition) is 2. The van der Waals surface area contributed by atoms with E-state index < -0.39 is 0 Å². The van der Waals surface area contributed by atoms with Crippen molar-refractivity contribution < 1.29 is 5.11 Å². The topological polar surface area (TPSA) is 47.3 Å². The van der Waals surface area contributed by atoms with Crippen molar-refractivity contribution in [1.82, 2.24) is 4.90 Å². The molecule has 3 nitrogen and oxygen atoms in total. The number of nitrogens with one attached hydrogen (secondary N) is 1. The van der Waals surface area contributed by atoms with Crippen molar-refractivity contribution in [3.05, 3.63) is 87.6 Å². The highest BCUT2D eigenvalue weighted by Gasteiger charge is 2.37. The van der Waals surface area contributed by atoms with Crippen molar-refractivity contribution in [1.29, 1.82) is 5.41 Å². The molecule has 0 spiro atoms. The third-order valence-electron chi connectivity index (χ3n) is 5.35. The molecular formula is C23H21BrN2O. The van der Waals surface area contributed by atoms with Gasteiger partial charge in [0, 0.05) is 11.5 Å². The first-order valence-corrected chi connectivity index (χ1v) is 9.84. The van der Waals surface area contributed by atoms with Crippen LogP contribution in [0, 0.1) is 5.41 Å². The maximum absolute atomic E-state index is 11.2. The van der Waals surface area contributed by atoms with Crippen LogP contribution in [-0.2, 0) is 6.42 Å². The number of likely N-dealkylation sites (N-methyl/N-ethyl adjacent to an activating group) is 1. The molecule has 0 amide bonds. The summed E-state index contributed by atoms with van der Waals surface area (Å²) in [4.78, 5) is 1.85. The highest BCUT2D eigenvalue weighted by Crippen LogP contribution is 2.43. The number of fused-ring (bicyclic) bond motifs is 1. The largest absolute Gasteiger partial charge is 0.509 e. The van der Waals surface area contributed by atoms with Crippen molar-refractivity contribution in [3.63, 3.8) is 0 Å². The third kappa shape index (κ3) is 2.76. The number of aliphatic hydroxyl groups excluding tert-OH is 1. The first kappa shape index (κ1) is 17.8. The molecule has 136 valence electrons. The van der Waals surface area contributed by atoms with Gasteiger partial charge in [-0.3, -0.25) is 5.41 Å². The van der Waals surface area contributed by atoms with E-state index in [0.29, 0.717) is 11.4 Å². The average molecular weight is 421 g/mol. The van der Waals surface area contributed by atoms with Crippen LogP contribution in [-0.4, -0.2) is 22.9 Å². The summed E-state index contributed by atoms with van der Waals surface area (Å²) in [5.41, 5.74) is 3.66. The molecule has 0 radical (unpaired) electrons. The number of aliphatic hydroxyl groups is 1. The molecule has 1 unspecified atom stereocenters. The molecule has 3 aromatic carbocycles. The van der Waals surface area contributed by atoms with Crippen LogP contribution in [0.2, 0.25) is 0 Å². The minimum absolute atomic E-state index is 0.242. The Morgan fingerprint density at radius 2 is 1.74 bits per heavy atom. The monoisotopic (exact) mass is 420 g/mol. The van der Waals surface area contributed by atoms with Crippen molar-refractivity contribution in [2.75, 3.05) is 7.05 Å². The Kier molecular flexibility index (Phi) is 4.52. The summed E-state index contributed by atoms with van der Waals surface area (Å²) in [6, 6.07) is 19.9. The van der Waals surface area contributed by atoms with E-state index >= 15 is 0 Å². The van der Waals surface area contributed by atoms with E-state index in [-0.39, 0.29) is 11.8 Å². The predicted molar refractivity (Wildman–Crippen MR) is 115 cm³/mol. The maximum atomic E-state index is 11.2. The summed E-state index contributed by atoms with van der Waals surface area (Å²) in [5, 5.41) is 22.2. The van der Waals surface area contributed by atoms with Crippen molar-refractivity contribution in [2.24, 2.45) is 0 Å². The van der Waals surface area contributed by atoms with E-state index in [1.807, 2.05) is 54.4 Å². The van der Waals surface area contributed by atoms with Crippen LogP contribution in [0.3, 0.4) is 0 Å². The lowest BCUT2D eigenvalue weighted by Gasteiger charge is -2.24. The summed E-state index contributed by atoms with van der Waals surface area (Å²) in [6.45, 7) is 2.09. The second-order valence-electron chi connectivity index (χ2n) is 6.81. The summed E-state index contributed by atoms with van der Waals surface area (Å²) in [7, 11) is 1.88. The van der Waals surface area contributed by atoms with Gasteiger partial charge in [-0.1, -0.05) is 77.5 Å². The Labute approximate surface area is 167 Å². The van der Waals surface area contributed by atoms with Crippen molar-refractivity contribution in [2.45, 2.75) is 19.4 Å². The minimum Gasteiger partial charge on any atom is -0.509 e. The minimum atomic E-state index is -0.359. The molecule has 0 saturated heterocycles. The van der Waals surface area contributed by atoms with Gasteiger partial charge in [0.15, 0.2) is 0 Å². The molecule has 0 fully saturated rings. The number of halogens is 1. The van der Waals surface area contributed by atoms with Crippen molar-refractivity contribution in [3.8, 4) is 0 Å². The van der Waals surface area contributed by atoms with Crippen LogP contribution in [0.15, 0.2) is 70.9 Å². The van der Waals surface area contributed by atoms with Gasteiger partial charge in [-0.15, -0.1) is 0 Å². The Morgan fingerprint density at radius 1 is 1.04 bits per heavy atom. The van der Waals surface area contributed by atoms with Gasteiger partial charge in [0.25, 0.3) is 0 Å². The van der Waals surface area contributed by atoms with Crippen LogP contribution in [0.4, 0.5) is 0 Å². The van der Waals surface area contributed by atoms with Crippen molar-refractivity contribution >= 4 is 38.1 Å². The zero-order chi connectivity index (χ0) is 19.1. The van der Waals surface area contributed by atoms with Gasteiger partial charge in [0.2, 0.25) is 0 Å². The van der Waals surface area contributed by atoms with Gasteiger partial charge in [-0.05, 0) is 39.9 Å². The molecule has 4 rings (SSSR count). The second kappa shape index (κ2) is 6.86. The first-order chi connectivity index (χ1) is 13.0. The van der Waals surface area contributed by atoms with Gasteiger partial charge >= 0.3 is 0 Å². The number of hydrogen-bond acceptors (Lipinski definition) is 2. The molecule has 4 heteroatoms. The lowest BCUT2D eigenvalue weighted by atomic mass is 9.94. The summed E-state index contributed by atoms with van der Waals surface area (Å²) < 4.78 is 1.01. The van der Waals surface area contributed by atoms with Gasteiger partial charge in [-0.25, -0.2) is 0 Å². The fourth-order valence-electron chi connectivity index (χ4n) is 4.01. The molecule has 0 saturated carbocycles. The Bertz CT molecular complexity index is 1080. The van der Waals surface area contributed by atoms with E-state index in [9.17, 15) is 5.11 Å². The van der Waals surface area contributed by atoms with E-state index in [0.717, 1.165) is 38.4 Å². The van der Waals surface area contributed by atoms with Crippen LogP contribution in [0.1, 0.15) is 29.7 Å². The molecule has 1 heterocycles. The Balaban J connectivity index is 1.94. The van der Waals surface area contributed by atoms with Gasteiger partial charge in [0.05, 0.1) is 5.57 Å². The van der Waals surface area contributed by atoms with E-state index in [4.69, 9.17) is 5.41 Å². The highest BCUT2D eigenvalue weighted by molar-refractivity contribution is 9.10. The van der Waals surface area contributed by atoms with Gasteiger partial charge in [-0.2, -0.15) is 0 Å². The molecule has 0 aliphatic carbocycles. The fourth-order valence-corrected chi connectivity index (χ4v) is 4.66. The molecule has 0 aromatic heterocycles. The number of rotatable bonds is 3. The molecule has 1 aliphatic rings. The molecule has 3 aromatic rings. The number of benzene rings is 3. The predicted octanol–water partition coefficient (Wildman–Crippen LogP) is 6.10. The zero-order valence-electron chi connectivity index (χ0n) is 15.3. The van der Waals surface area contributed by atoms with Crippen LogP contribution < -0.4 is 0 Å². The van der Waals surface area contributed by atoms with Gasteiger partial charge in [0.1, 0.15) is 17.6 Å². The fraction of sp³-hybridized carbons (Fsp3) is 0.174. The van der Waals surface area contributed by atoms with Crippen LogP contribution >= 0.6 is 15.9 Å². The molecule has 1 atom stereocenters. The Morgan fingerprint density at radius 3 is 2.52 bits per heavy atom. The molecular weight excluding hydrogens is 400 g/mol. The van der Waals surface area contributed by atoms with E-state index in [1.165, 1.54) is 0 Å². The maximum Gasteiger partial charge on any atom is 0.132 e. The second-order valence-corrected chi connectivity index (χ2v) is 7.66. The standard InChI is InChI=1S/C23H21BrN2O/c1-3-15-17(11-7-13-19(15)24)20-22(27)21(26(2)23(20)25)18-12-6-9-14-8-4-5-10-16(14)18/h4-13,21,25,27H,3H2,1-2H3. The normalized spacial score (nSPS) is 17.2. The molecule has 1 aliphatic heterocycles. The molecule has 27 heavy (non-hydrogen) atoms. The lowest BCUT2D eigenvalue weighted by molar-refractivity contribution is 0.304. The smallest absolute Gasteiger partial charge is 0.132 e. The summed E-state index contributed by atoms with van der Waals surface area (Å²) in [5.74, 6) is 0.588. The zero-order valence-corrected chi connectivity index (χ0v) is 16.9. The highest BCUT2D eigenvalue weighted by atomic mass is 79.9. The first-order valence-electron chi connectivity index (χ1n) is 9.05. The van der Waals surface area contributed by atoms with E-state index in [2.05, 4.69) is 41.1 Å². The third-order valence-corrected chi connectivity index (χ3v) is 6.09. The van der Waals surface area contributed by atoms with Crippen LogP contribution in [0.25, 0.3) is 16.3 Å². The SMILES string of the molecule is CCc1c(Br)cccc1C1=C(O)C(c2cccc3ccccc23)N(C)C1=N.